The van der Waals surface area contributed by atoms with Crippen molar-refractivity contribution >= 4 is 17.4 Å². The van der Waals surface area contributed by atoms with Gasteiger partial charge in [-0.2, -0.15) is 23.5 Å². The Balaban J connectivity index is 2.64. The maximum absolute atomic E-state index is 12.8. The molecule has 0 radical (unpaired) electrons. The van der Waals surface area contributed by atoms with Crippen LogP contribution in [0.15, 0.2) is 0 Å². The molecule has 0 saturated heterocycles. The fraction of sp³-hybridized carbons (Fsp3) is 0.500. The van der Waals surface area contributed by atoms with E-state index in [-0.39, 0.29) is 29.3 Å². The lowest BCUT2D eigenvalue weighted by Gasteiger charge is -2.34. The summed E-state index contributed by atoms with van der Waals surface area (Å²) in [5, 5.41) is 12.1. The molecule has 0 atom stereocenters. The van der Waals surface area contributed by atoms with Crippen molar-refractivity contribution in [3.05, 3.63) is 16.4 Å². The molecular weight excluding hydrogens is 271 g/mol. The maximum atomic E-state index is 12.8. The number of rotatable bonds is 1. The second kappa shape index (κ2) is 3.72. The number of alkyl halides is 3. The first-order valence-electron chi connectivity index (χ1n) is 4.94. The highest BCUT2D eigenvalue weighted by atomic mass is 35.5. The van der Waals surface area contributed by atoms with Crippen molar-refractivity contribution in [1.29, 1.82) is 5.26 Å². The first kappa shape index (κ1) is 12.9. The molecule has 0 spiro atoms. The van der Waals surface area contributed by atoms with Crippen molar-refractivity contribution < 1.29 is 18.0 Å². The van der Waals surface area contributed by atoms with Gasteiger partial charge in [0.05, 0.1) is 6.07 Å². The van der Waals surface area contributed by atoms with Crippen molar-refractivity contribution in [2.24, 2.45) is 7.05 Å². The molecule has 96 valence electrons. The molecule has 1 aliphatic carbocycles. The predicted octanol–water partition coefficient (Wildman–Crippen LogP) is 2.22. The third-order valence-corrected chi connectivity index (χ3v) is 3.37. The van der Waals surface area contributed by atoms with E-state index >= 15 is 0 Å². The first-order chi connectivity index (χ1) is 8.21. The lowest BCUT2D eigenvalue weighted by molar-refractivity contribution is -0.143. The van der Waals surface area contributed by atoms with Gasteiger partial charge in [0.15, 0.2) is 5.69 Å². The molecule has 1 aliphatic rings. The molecule has 18 heavy (non-hydrogen) atoms. The highest BCUT2D eigenvalue weighted by Crippen LogP contribution is 2.48. The molecule has 2 rings (SSSR count). The van der Waals surface area contributed by atoms with Gasteiger partial charge in [0, 0.05) is 25.5 Å². The van der Waals surface area contributed by atoms with E-state index in [1.54, 1.807) is 6.07 Å². The lowest BCUT2D eigenvalue weighted by Crippen LogP contribution is -2.41. The molecule has 0 aliphatic heterocycles. The number of halogens is 4. The topological polar surface area (TPSA) is 58.7 Å². The van der Waals surface area contributed by atoms with Gasteiger partial charge in [-0.15, -0.1) is 0 Å². The molecule has 0 N–H and O–H groups in total. The molecule has 0 unspecified atom stereocenters. The molecule has 1 heterocycles. The Morgan fingerprint density at radius 3 is 2.44 bits per heavy atom. The highest BCUT2D eigenvalue weighted by molar-refractivity contribution is 6.30. The predicted molar refractivity (Wildman–Crippen MR) is 54.8 cm³/mol. The monoisotopic (exact) mass is 277 g/mol. The minimum absolute atomic E-state index is 0.252. The minimum Gasteiger partial charge on any atom is -0.300 e. The third kappa shape index (κ3) is 1.68. The zero-order chi connectivity index (χ0) is 13.7. The van der Waals surface area contributed by atoms with Crippen molar-refractivity contribution in [3.63, 3.8) is 0 Å². The number of ketones is 1. The number of Topliss-reactive ketones (excluding diaryl/α,β-unsaturated/α-hetero) is 1. The second-order valence-corrected chi connectivity index (χ2v) is 4.58. The Labute approximate surface area is 105 Å². The zero-order valence-electron chi connectivity index (χ0n) is 9.18. The molecule has 0 amide bonds. The van der Waals surface area contributed by atoms with Crippen LogP contribution < -0.4 is 0 Å². The van der Waals surface area contributed by atoms with Crippen LogP contribution in [-0.2, 0) is 23.4 Å². The third-order valence-electron chi connectivity index (χ3n) is 2.94. The summed E-state index contributed by atoms with van der Waals surface area (Å²) in [4.78, 5) is 11.0. The number of nitrogens with zero attached hydrogens (tertiary/aromatic N) is 3. The van der Waals surface area contributed by atoms with Crippen LogP contribution in [0.5, 0.6) is 0 Å². The van der Waals surface area contributed by atoms with Crippen LogP contribution in [0.3, 0.4) is 0 Å². The second-order valence-electron chi connectivity index (χ2n) is 4.22. The maximum Gasteiger partial charge on any atom is 0.435 e. The van der Waals surface area contributed by atoms with Crippen molar-refractivity contribution in [2.75, 3.05) is 0 Å². The lowest BCUT2D eigenvalue weighted by atomic mass is 9.64. The molecule has 1 fully saturated rings. The van der Waals surface area contributed by atoms with Crippen LogP contribution >= 0.6 is 11.6 Å². The van der Waals surface area contributed by atoms with Crippen LogP contribution in [-0.4, -0.2) is 15.6 Å². The van der Waals surface area contributed by atoms with E-state index < -0.39 is 17.3 Å². The quantitative estimate of drug-likeness (QED) is 0.791. The molecule has 0 aromatic carbocycles. The minimum atomic E-state index is -4.71. The largest absolute Gasteiger partial charge is 0.435 e. The fourth-order valence-electron chi connectivity index (χ4n) is 2.06. The van der Waals surface area contributed by atoms with Gasteiger partial charge in [-0.25, -0.2) is 0 Å². The van der Waals surface area contributed by atoms with Gasteiger partial charge in [0.1, 0.15) is 16.4 Å². The van der Waals surface area contributed by atoms with E-state index in [1.165, 1.54) is 7.05 Å². The number of carbonyl (C=O) groups excluding carboxylic acids is 1. The summed E-state index contributed by atoms with van der Waals surface area (Å²) in [6, 6.07) is 1.77. The molecule has 1 aromatic heterocycles. The first-order valence-corrected chi connectivity index (χ1v) is 5.32. The number of carbonyl (C=O) groups is 1. The van der Waals surface area contributed by atoms with E-state index in [1.807, 2.05) is 0 Å². The van der Waals surface area contributed by atoms with E-state index in [4.69, 9.17) is 16.9 Å². The Morgan fingerprint density at radius 2 is 2.06 bits per heavy atom. The Hall–Kier alpha value is -1.55. The molecule has 8 heteroatoms. The molecule has 1 saturated carbocycles. The van der Waals surface area contributed by atoms with Gasteiger partial charge in [-0.3, -0.25) is 9.48 Å². The van der Waals surface area contributed by atoms with Gasteiger partial charge < -0.3 is 0 Å². The van der Waals surface area contributed by atoms with Gasteiger partial charge >= 0.3 is 6.18 Å². The SMILES string of the molecule is Cn1nc(C(F)(F)F)c(C2(C#N)CC(=O)C2)c1Cl. The van der Waals surface area contributed by atoms with Gasteiger partial charge in [-0.05, 0) is 0 Å². The number of aromatic nitrogens is 2. The zero-order valence-corrected chi connectivity index (χ0v) is 9.93. The summed E-state index contributed by atoms with van der Waals surface area (Å²) in [6.07, 6.45) is -5.21. The number of nitriles is 1. The van der Waals surface area contributed by atoms with Crippen LogP contribution in [0.25, 0.3) is 0 Å². The van der Waals surface area contributed by atoms with Crippen molar-refractivity contribution in [3.8, 4) is 6.07 Å². The van der Waals surface area contributed by atoms with E-state index in [9.17, 15) is 18.0 Å². The molecule has 4 nitrogen and oxygen atoms in total. The number of aryl methyl sites for hydroxylation is 1. The summed E-state index contributed by atoms with van der Waals surface area (Å²) < 4.78 is 39.4. The van der Waals surface area contributed by atoms with E-state index in [0.717, 1.165) is 4.68 Å². The normalized spacial score (nSPS) is 18.3. The molecular formula is C10H7ClF3N3O. The van der Waals surface area contributed by atoms with E-state index in [2.05, 4.69) is 5.10 Å². The van der Waals surface area contributed by atoms with E-state index in [0.29, 0.717) is 0 Å². The smallest absolute Gasteiger partial charge is 0.300 e. The summed E-state index contributed by atoms with van der Waals surface area (Å²) in [5.74, 6) is -0.260. The van der Waals surface area contributed by atoms with Crippen LogP contribution in [0.2, 0.25) is 5.15 Å². The Kier molecular flexibility index (Phi) is 2.66. The van der Waals surface area contributed by atoms with Gasteiger partial charge in [0.25, 0.3) is 0 Å². The Morgan fingerprint density at radius 1 is 1.50 bits per heavy atom. The van der Waals surface area contributed by atoms with Crippen LogP contribution in [0, 0.1) is 11.3 Å². The number of hydrogen-bond acceptors (Lipinski definition) is 3. The summed E-state index contributed by atoms with van der Waals surface area (Å²) in [6.45, 7) is 0. The fourth-order valence-corrected chi connectivity index (χ4v) is 2.37. The van der Waals surface area contributed by atoms with Crippen molar-refractivity contribution in [2.45, 2.75) is 24.4 Å². The van der Waals surface area contributed by atoms with Crippen LogP contribution in [0.1, 0.15) is 24.1 Å². The summed E-state index contributed by atoms with van der Waals surface area (Å²) in [7, 11) is 1.26. The standard InChI is InChI=1S/C10H7ClF3N3O/c1-17-8(11)6(7(16-17)10(12,13)14)9(4-15)2-5(18)3-9/h2-3H2,1H3. The van der Waals surface area contributed by atoms with Crippen LogP contribution in [0.4, 0.5) is 13.2 Å². The highest BCUT2D eigenvalue weighted by Gasteiger charge is 2.53. The summed E-state index contributed by atoms with van der Waals surface area (Å²) >= 11 is 5.78. The molecule has 0 bridgehead atoms. The average Bonchev–Trinajstić information content (AvgIpc) is 2.51. The number of hydrogen-bond donors (Lipinski definition) is 0. The van der Waals surface area contributed by atoms with Gasteiger partial charge in [0.2, 0.25) is 0 Å². The van der Waals surface area contributed by atoms with Crippen molar-refractivity contribution in [1.82, 2.24) is 9.78 Å². The average molecular weight is 278 g/mol. The van der Waals surface area contributed by atoms with Gasteiger partial charge in [-0.1, -0.05) is 11.6 Å². The molecule has 1 aromatic rings. The summed E-state index contributed by atoms with van der Waals surface area (Å²) in [5.41, 5.74) is -3.07. The Bertz CT molecular complexity index is 562.